The van der Waals surface area contributed by atoms with Gasteiger partial charge in [0.25, 0.3) is 0 Å². The summed E-state index contributed by atoms with van der Waals surface area (Å²) in [5.41, 5.74) is 1.31. The molecule has 0 saturated carbocycles. The van der Waals surface area contributed by atoms with Crippen LogP contribution in [0.25, 0.3) is 0 Å². The van der Waals surface area contributed by atoms with Crippen LogP contribution in [0.3, 0.4) is 0 Å². The average Bonchev–Trinajstić information content (AvgIpc) is 2.87. The van der Waals surface area contributed by atoms with E-state index in [1.807, 2.05) is 13.0 Å². The summed E-state index contributed by atoms with van der Waals surface area (Å²) in [7, 11) is 0. The molecule has 0 aromatic heterocycles. The first-order valence-electron chi connectivity index (χ1n) is 7.84. The van der Waals surface area contributed by atoms with Crippen LogP contribution in [-0.4, -0.2) is 25.9 Å². The number of hydrogen-bond acceptors (Lipinski definition) is 3. The topological polar surface area (TPSA) is 30.5 Å². The van der Waals surface area contributed by atoms with Gasteiger partial charge in [-0.3, -0.25) is 0 Å². The zero-order valence-electron chi connectivity index (χ0n) is 12.9. The number of hydrogen-bond donors (Lipinski definition) is 1. The number of nitrogens with one attached hydrogen (secondary N) is 1. The zero-order valence-corrected chi connectivity index (χ0v) is 12.9. The standard InChI is InChI=1S/C17H27NO2/c1-4-10-18-17(16-9-11-20-13(16)3)14-7-6-8-15(12-14)19-5-2/h6-8,12-13,16-18H,4-5,9-11H2,1-3H3. The van der Waals surface area contributed by atoms with Gasteiger partial charge in [0.15, 0.2) is 0 Å². The molecular formula is C17H27NO2. The average molecular weight is 277 g/mol. The van der Waals surface area contributed by atoms with Crippen molar-refractivity contribution in [1.29, 1.82) is 0 Å². The van der Waals surface area contributed by atoms with E-state index in [1.165, 1.54) is 5.56 Å². The fourth-order valence-corrected chi connectivity index (χ4v) is 2.97. The monoisotopic (exact) mass is 277 g/mol. The maximum Gasteiger partial charge on any atom is 0.119 e. The summed E-state index contributed by atoms with van der Waals surface area (Å²) in [6.45, 7) is 9.03. The Balaban J connectivity index is 2.18. The van der Waals surface area contributed by atoms with Crippen LogP contribution in [0.2, 0.25) is 0 Å². The molecule has 1 saturated heterocycles. The Labute approximate surface area is 122 Å². The lowest BCUT2D eigenvalue weighted by Crippen LogP contribution is -2.32. The summed E-state index contributed by atoms with van der Waals surface area (Å²) in [4.78, 5) is 0. The first kappa shape index (κ1) is 15.3. The van der Waals surface area contributed by atoms with Crippen molar-refractivity contribution in [3.63, 3.8) is 0 Å². The Bertz CT molecular complexity index is 408. The minimum atomic E-state index is 0.320. The van der Waals surface area contributed by atoms with Gasteiger partial charge in [-0.25, -0.2) is 0 Å². The molecule has 0 bridgehead atoms. The zero-order chi connectivity index (χ0) is 14.4. The van der Waals surface area contributed by atoms with Crippen LogP contribution < -0.4 is 10.1 Å². The number of rotatable bonds is 7. The van der Waals surface area contributed by atoms with Crippen molar-refractivity contribution in [2.24, 2.45) is 5.92 Å². The Hall–Kier alpha value is -1.06. The van der Waals surface area contributed by atoms with Gasteiger partial charge in [-0.1, -0.05) is 19.1 Å². The van der Waals surface area contributed by atoms with Gasteiger partial charge in [0.2, 0.25) is 0 Å². The molecule has 1 N–H and O–H groups in total. The molecule has 0 radical (unpaired) electrons. The third-order valence-corrected chi connectivity index (χ3v) is 4.01. The number of ether oxygens (including phenoxy) is 2. The molecule has 3 nitrogen and oxygen atoms in total. The van der Waals surface area contributed by atoms with Crippen molar-refractivity contribution in [2.75, 3.05) is 19.8 Å². The van der Waals surface area contributed by atoms with E-state index in [0.29, 0.717) is 24.7 Å². The van der Waals surface area contributed by atoms with Gasteiger partial charge in [0, 0.05) is 18.6 Å². The highest BCUT2D eigenvalue weighted by molar-refractivity contribution is 5.31. The SMILES string of the molecule is CCCNC(c1cccc(OCC)c1)C1CCOC1C. The summed E-state index contributed by atoms with van der Waals surface area (Å²) in [6, 6.07) is 8.83. The van der Waals surface area contributed by atoms with Gasteiger partial charge in [0.1, 0.15) is 5.75 Å². The van der Waals surface area contributed by atoms with Gasteiger partial charge in [-0.2, -0.15) is 0 Å². The molecule has 3 unspecified atom stereocenters. The Morgan fingerprint density at radius 2 is 2.25 bits per heavy atom. The van der Waals surface area contributed by atoms with E-state index in [2.05, 4.69) is 37.4 Å². The molecule has 1 fully saturated rings. The fraction of sp³-hybridized carbons (Fsp3) is 0.647. The molecule has 1 aromatic carbocycles. The molecule has 1 aliphatic heterocycles. The second kappa shape index (κ2) is 7.65. The molecular weight excluding hydrogens is 250 g/mol. The van der Waals surface area contributed by atoms with Gasteiger partial charge >= 0.3 is 0 Å². The maximum atomic E-state index is 5.75. The smallest absolute Gasteiger partial charge is 0.119 e. The lowest BCUT2D eigenvalue weighted by atomic mass is 9.88. The summed E-state index contributed by atoms with van der Waals surface area (Å²) in [5, 5.41) is 3.69. The van der Waals surface area contributed by atoms with Crippen molar-refractivity contribution in [3.05, 3.63) is 29.8 Å². The van der Waals surface area contributed by atoms with E-state index in [9.17, 15) is 0 Å². The second-order valence-corrected chi connectivity index (χ2v) is 5.47. The van der Waals surface area contributed by atoms with Crippen LogP contribution in [0.4, 0.5) is 0 Å². The van der Waals surface area contributed by atoms with Gasteiger partial charge in [-0.05, 0) is 50.9 Å². The van der Waals surface area contributed by atoms with Crippen molar-refractivity contribution in [2.45, 2.75) is 45.8 Å². The molecule has 20 heavy (non-hydrogen) atoms. The van der Waals surface area contributed by atoms with Crippen LogP contribution in [0.15, 0.2) is 24.3 Å². The highest BCUT2D eigenvalue weighted by Gasteiger charge is 2.32. The predicted octanol–water partition coefficient (Wildman–Crippen LogP) is 3.55. The van der Waals surface area contributed by atoms with Gasteiger partial charge in [-0.15, -0.1) is 0 Å². The Kier molecular flexibility index (Phi) is 5.86. The van der Waals surface area contributed by atoms with E-state index in [1.54, 1.807) is 0 Å². The highest BCUT2D eigenvalue weighted by atomic mass is 16.5. The molecule has 112 valence electrons. The molecule has 0 amide bonds. The normalized spacial score (nSPS) is 23.8. The first-order chi connectivity index (χ1) is 9.76. The fourth-order valence-electron chi connectivity index (χ4n) is 2.97. The highest BCUT2D eigenvalue weighted by Crippen LogP contribution is 2.34. The second-order valence-electron chi connectivity index (χ2n) is 5.47. The largest absolute Gasteiger partial charge is 0.494 e. The van der Waals surface area contributed by atoms with Crippen LogP contribution in [0.5, 0.6) is 5.75 Å². The van der Waals surface area contributed by atoms with Crippen LogP contribution in [0, 0.1) is 5.92 Å². The minimum Gasteiger partial charge on any atom is -0.494 e. The van der Waals surface area contributed by atoms with E-state index in [0.717, 1.165) is 31.7 Å². The molecule has 1 aliphatic rings. The summed E-state index contributed by atoms with van der Waals surface area (Å²) >= 11 is 0. The Morgan fingerprint density at radius 3 is 2.90 bits per heavy atom. The quantitative estimate of drug-likeness (QED) is 0.826. The van der Waals surface area contributed by atoms with E-state index >= 15 is 0 Å². The molecule has 3 atom stereocenters. The van der Waals surface area contributed by atoms with E-state index < -0.39 is 0 Å². The summed E-state index contributed by atoms with van der Waals surface area (Å²) < 4.78 is 11.4. The lowest BCUT2D eigenvalue weighted by Gasteiger charge is -2.27. The molecule has 3 heteroatoms. The molecule has 1 aromatic rings. The maximum absolute atomic E-state index is 5.75. The summed E-state index contributed by atoms with van der Waals surface area (Å²) in [5.74, 6) is 1.50. The molecule has 1 heterocycles. The first-order valence-corrected chi connectivity index (χ1v) is 7.84. The van der Waals surface area contributed by atoms with Crippen LogP contribution in [-0.2, 0) is 4.74 Å². The molecule has 0 aliphatic carbocycles. The molecule has 0 spiro atoms. The van der Waals surface area contributed by atoms with Crippen molar-refractivity contribution >= 4 is 0 Å². The lowest BCUT2D eigenvalue weighted by molar-refractivity contribution is 0.0953. The molecule has 2 rings (SSSR count). The van der Waals surface area contributed by atoms with Crippen molar-refractivity contribution in [1.82, 2.24) is 5.32 Å². The summed E-state index contributed by atoms with van der Waals surface area (Å²) in [6.07, 6.45) is 2.59. The van der Waals surface area contributed by atoms with Crippen molar-refractivity contribution in [3.8, 4) is 5.75 Å². The van der Waals surface area contributed by atoms with Crippen molar-refractivity contribution < 1.29 is 9.47 Å². The van der Waals surface area contributed by atoms with Gasteiger partial charge in [0.05, 0.1) is 12.7 Å². The Morgan fingerprint density at radius 1 is 1.40 bits per heavy atom. The van der Waals surface area contributed by atoms with Crippen LogP contribution >= 0.6 is 0 Å². The number of benzene rings is 1. The third kappa shape index (κ3) is 3.74. The van der Waals surface area contributed by atoms with E-state index in [4.69, 9.17) is 9.47 Å². The minimum absolute atomic E-state index is 0.320. The predicted molar refractivity (Wildman–Crippen MR) is 82.2 cm³/mol. The van der Waals surface area contributed by atoms with E-state index in [-0.39, 0.29) is 0 Å². The van der Waals surface area contributed by atoms with Crippen LogP contribution in [0.1, 0.15) is 45.2 Å². The third-order valence-electron chi connectivity index (χ3n) is 4.01. The van der Waals surface area contributed by atoms with Gasteiger partial charge < -0.3 is 14.8 Å².